The van der Waals surface area contributed by atoms with Crippen LogP contribution in [0.4, 0.5) is 0 Å². The van der Waals surface area contributed by atoms with E-state index in [0.717, 1.165) is 21.5 Å². The van der Waals surface area contributed by atoms with E-state index in [1.165, 1.54) is 5.56 Å². The van der Waals surface area contributed by atoms with Crippen molar-refractivity contribution in [1.82, 2.24) is 14.9 Å². The molecule has 0 spiro atoms. The van der Waals surface area contributed by atoms with E-state index in [9.17, 15) is 4.79 Å². The molecule has 1 N–H and O–H groups in total. The maximum Gasteiger partial charge on any atom is 0.258 e. The summed E-state index contributed by atoms with van der Waals surface area (Å²) in [7, 11) is 0. The van der Waals surface area contributed by atoms with Crippen LogP contribution in [0.25, 0.3) is 5.69 Å². The first-order valence-corrected chi connectivity index (χ1v) is 10.0. The maximum atomic E-state index is 12.3. The second kappa shape index (κ2) is 9.06. The van der Waals surface area contributed by atoms with Crippen LogP contribution in [0.5, 0.6) is 5.75 Å². The van der Waals surface area contributed by atoms with Gasteiger partial charge in [-0.15, -0.1) is 0 Å². The van der Waals surface area contributed by atoms with Gasteiger partial charge in [-0.1, -0.05) is 38.1 Å². The van der Waals surface area contributed by atoms with Gasteiger partial charge in [-0.2, -0.15) is 0 Å². The molecule has 0 aliphatic carbocycles. The van der Waals surface area contributed by atoms with Crippen molar-refractivity contribution in [2.75, 3.05) is 6.61 Å². The van der Waals surface area contributed by atoms with E-state index in [1.807, 2.05) is 60.2 Å². The number of halogens is 1. The number of benzene rings is 2. The molecule has 1 heterocycles. The lowest BCUT2D eigenvalue weighted by Crippen LogP contribution is -2.28. The van der Waals surface area contributed by atoms with Gasteiger partial charge < -0.3 is 14.6 Å². The molecule has 0 saturated carbocycles. The second-order valence-corrected chi connectivity index (χ2v) is 7.74. The Morgan fingerprint density at radius 2 is 2.04 bits per heavy atom. The summed E-state index contributed by atoms with van der Waals surface area (Å²) >= 11 is 3.51. The Balaban J connectivity index is 1.59. The SMILES string of the molecule is Cc1nccn1-c1ccccc1CNC(=O)COc1ccc(C(C)C)cc1Br. The van der Waals surface area contributed by atoms with Gasteiger partial charge in [0.2, 0.25) is 0 Å². The van der Waals surface area contributed by atoms with Gasteiger partial charge in [-0.05, 0) is 58.1 Å². The van der Waals surface area contributed by atoms with Gasteiger partial charge in [0.1, 0.15) is 11.6 Å². The normalized spacial score (nSPS) is 10.9. The number of carbonyl (C=O) groups excluding carboxylic acids is 1. The minimum Gasteiger partial charge on any atom is -0.483 e. The number of hydrogen-bond acceptors (Lipinski definition) is 3. The molecule has 0 unspecified atom stereocenters. The van der Waals surface area contributed by atoms with Crippen molar-refractivity contribution in [3.63, 3.8) is 0 Å². The molecular weight excluding hydrogens is 418 g/mol. The molecule has 3 rings (SSSR count). The molecule has 0 atom stereocenters. The molecule has 0 fully saturated rings. The van der Waals surface area contributed by atoms with E-state index >= 15 is 0 Å². The zero-order valence-electron chi connectivity index (χ0n) is 16.3. The topological polar surface area (TPSA) is 56.2 Å². The number of amides is 1. The van der Waals surface area contributed by atoms with Crippen LogP contribution in [0.3, 0.4) is 0 Å². The second-order valence-electron chi connectivity index (χ2n) is 6.88. The Morgan fingerprint density at radius 3 is 2.71 bits per heavy atom. The summed E-state index contributed by atoms with van der Waals surface area (Å²) in [4.78, 5) is 16.5. The van der Waals surface area contributed by atoms with Crippen LogP contribution in [-0.4, -0.2) is 22.1 Å². The van der Waals surface area contributed by atoms with Crippen molar-refractivity contribution < 1.29 is 9.53 Å². The van der Waals surface area contributed by atoms with E-state index in [-0.39, 0.29) is 12.5 Å². The minimum atomic E-state index is -0.169. The molecule has 0 radical (unpaired) electrons. The predicted octanol–water partition coefficient (Wildman–Crippen LogP) is 4.76. The highest BCUT2D eigenvalue weighted by Crippen LogP contribution is 2.28. The lowest BCUT2D eigenvalue weighted by atomic mass is 10.0. The molecule has 0 aliphatic rings. The van der Waals surface area contributed by atoms with Gasteiger partial charge >= 0.3 is 0 Å². The zero-order chi connectivity index (χ0) is 20.1. The lowest BCUT2D eigenvalue weighted by molar-refractivity contribution is -0.123. The zero-order valence-corrected chi connectivity index (χ0v) is 17.9. The molecule has 0 saturated heterocycles. The highest BCUT2D eigenvalue weighted by atomic mass is 79.9. The predicted molar refractivity (Wildman–Crippen MR) is 114 cm³/mol. The van der Waals surface area contributed by atoms with E-state index in [4.69, 9.17) is 4.74 Å². The number of nitrogens with one attached hydrogen (secondary N) is 1. The van der Waals surface area contributed by atoms with Gasteiger partial charge in [0.05, 0.1) is 10.2 Å². The summed E-state index contributed by atoms with van der Waals surface area (Å²) < 4.78 is 8.53. The van der Waals surface area contributed by atoms with Crippen molar-refractivity contribution in [3.05, 3.63) is 76.3 Å². The third-order valence-corrected chi connectivity index (χ3v) is 5.15. The van der Waals surface area contributed by atoms with Gasteiger partial charge in [0.25, 0.3) is 5.91 Å². The van der Waals surface area contributed by atoms with Crippen LogP contribution < -0.4 is 10.1 Å². The fraction of sp³-hybridized carbons (Fsp3) is 0.273. The maximum absolute atomic E-state index is 12.3. The highest BCUT2D eigenvalue weighted by molar-refractivity contribution is 9.10. The van der Waals surface area contributed by atoms with Crippen LogP contribution in [0.2, 0.25) is 0 Å². The van der Waals surface area contributed by atoms with Crippen LogP contribution in [-0.2, 0) is 11.3 Å². The largest absolute Gasteiger partial charge is 0.483 e. The van der Waals surface area contributed by atoms with E-state index < -0.39 is 0 Å². The molecule has 28 heavy (non-hydrogen) atoms. The van der Waals surface area contributed by atoms with Crippen molar-refractivity contribution >= 4 is 21.8 Å². The number of hydrogen-bond donors (Lipinski definition) is 1. The molecule has 3 aromatic rings. The third-order valence-electron chi connectivity index (χ3n) is 4.53. The average Bonchev–Trinajstić information content (AvgIpc) is 3.11. The van der Waals surface area contributed by atoms with Crippen molar-refractivity contribution in [1.29, 1.82) is 0 Å². The van der Waals surface area contributed by atoms with Crippen molar-refractivity contribution in [2.24, 2.45) is 0 Å². The summed E-state index contributed by atoms with van der Waals surface area (Å²) in [5.41, 5.74) is 3.24. The Morgan fingerprint density at radius 1 is 1.25 bits per heavy atom. The van der Waals surface area contributed by atoms with E-state index in [2.05, 4.69) is 40.1 Å². The fourth-order valence-electron chi connectivity index (χ4n) is 2.91. The monoisotopic (exact) mass is 441 g/mol. The summed E-state index contributed by atoms with van der Waals surface area (Å²) in [6.45, 7) is 6.61. The Bertz CT molecular complexity index is 966. The number of carbonyl (C=O) groups is 1. The molecule has 1 amide bonds. The van der Waals surface area contributed by atoms with Crippen LogP contribution in [0.1, 0.15) is 36.7 Å². The summed E-state index contributed by atoms with van der Waals surface area (Å²) in [5, 5.41) is 2.93. The summed E-state index contributed by atoms with van der Waals surface area (Å²) in [6.07, 6.45) is 3.68. The van der Waals surface area contributed by atoms with Crippen molar-refractivity contribution in [3.8, 4) is 11.4 Å². The van der Waals surface area contributed by atoms with Crippen LogP contribution in [0.15, 0.2) is 59.3 Å². The Hall–Kier alpha value is -2.60. The molecule has 5 nitrogen and oxygen atoms in total. The lowest BCUT2D eigenvalue weighted by Gasteiger charge is -2.14. The first-order chi connectivity index (χ1) is 13.5. The summed E-state index contributed by atoms with van der Waals surface area (Å²) in [5.74, 6) is 1.83. The molecule has 6 heteroatoms. The number of ether oxygens (including phenoxy) is 1. The average molecular weight is 442 g/mol. The number of aromatic nitrogens is 2. The van der Waals surface area contributed by atoms with Gasteiger partial charge in [-0.3, -0.25) is 4.79 Å². The van der Waals surface area contributed by atoms with Gasteiger partial charge in [-0.25, -0.2) is 4.98 Å². The minimum absolute atomic E-state index is 0.0358. The number of rotatable bonds is 7. The molecule has 1 aromatic heterocycles. The smallest absolute Gasteiger partial charge is 0.258 e. The number of nitrogens with zero attached hydrogens (tertiary/aromatic N) is 2. The molecule has 146 valence electrons. The summed E-state index contributed by atoms with van der Waals surface area (Å²) in [6, 6.07) is 13.9. The molecule has 0 bridgehead atoms. The molecule has 2 aromatic carbocycles. The quantitative estimate of drug-likeness (QED) is 0.574. The highest BCUT2D eigenvalue weighted by Gasteiger charge is 2.10. The standard InChI is InChI=1S/C22H24BrN3O2/c1-15(2)17-8-9-21(19(23)12-17)28-14-22(27)25-13-18-6-4-5-7-20(18)26-11-10-24-16(26)3/h4-12,15H,13-14H2,1-3H3,(H,25,27). The number of aryl methyl sites for hydroxylation is 1. The van der Waals surface area contributed by atoms with Crippen LogP contribution >= 0.6 is 15.9 Å². The number of para-hydroxylation sites is 1. The van der Waals surface area contributed by atoms with Gasteiger partial charge in [0.15, 0.2) is 6.61 Å². The van der Waals surface area contributed by atoms with Crippen molar-refractivity contribution in [2.45, 2.75) is 33.2 Å². The molecule has 0 aliphatic heterocycles. The third kappa shape index (κ3) is 4.81. The van der Waals surface area contributed by atoms with E-state index in [0.29, 0.717) is 18.2 Å². The first-order valence-electron chi connectivity index (χ1n) is 9.23. The molecular formula is C22H24BrN3O2. The first kappa shape index (κ1) is 20.1. The van der Waals surface area contributed by atoms with Crippen LogP contribution in [0, 0.1) is 6.92 Å². The Labute approximate surface area is 173 Å². The fourth-order valence-corrected chi connectivity index (χ4v) is 3.42. The Kier molecular flexibility index (Phi) is 6.52. The number of imidazole rings is 1. The van der Waals surface area contributed by atoms with E-state index in [1.54, 1.807) is 6.20 Å². The van der Waals surface area contributed by atoms with Gasteiger partial charge in [0, 0.05) is 18.9 Å².